The zero-order chi connectivity index (χ0) is 13.8. The van der Waals surface area contributed by atoms with Crippen LogP contribution in [0.2, 0.25) is 10.0 Å². The largest absolute Gasteiger partial charge is 0.370 e. The normalized spacial score (nSPS) is 16.0. The van der Waals surface area contributed by atoms with Gasteiger partial charge in [-0.3, -0.25) is 4.79 Å². The number of primary amides is 1. The maximum Gasteiger partial charge on any atom is 0.241 e. The molecular formula is C14H16Cl2N2O. The van der Waals surface area contributed by atoms with E-state index in [2.05, 4.69) is 4.90 Å². The summed E-state index contributed by atoms with van der Waals surface area (Å²) in [4.78, 5) is 13.0. The van der Waals surface area contributed by atoms with E-state index in [0.717, 1.165) is 18.8 Å². The fraction of sp³-hybridized carbons (Fsp3) is 0.357. The van der Waals surface area contributed by atoms with Gasteiger partial charge < -0.3 is 10.6 Å². The van der Waals surface area contributed by atoms with Crippen molar-refractivity contribution in [2.45, 2.75) is 19.3 Å². The molecular weight excluding hydrogens is 283 g/mol. The molecule has 19 heavy (non-hydrogen) atoms. The first-order chi connectivity index (χ1) is 9.08. The Balaban J connectivity index is 2.28. The van der Waals surface area contributed by atoms with Crippen molar-refractivity contribution in [3.8, 4) is 0 Å². The molecule has 0 aliphatic carbocycles. The minimum absolute atomic E-state index is 0.507. The molecule has 1 heterocycles. The average Bonchev–Trinajstić information content (AvgIpc) is 2.40. The van der Waals surface area contributed by atoms with Crippen molar-refractivity contribution in [2.24, 2.45) is 5.73 Å². The second kappa shape index (κ2) is 6.31. The first-order valence-corrected chi connectivity index (χ1v) is 7.05. The maximum absolute atomic E-state index is 10.7. The summed E-state index contributed by atoms with van der Waals surface area (Å²) in [6.07, 6.45) is 6.48. The van der Waals surface area contributed by atoms with Crippen LogP contribution in [0.3, 0.4) is 0 Å². The Morgan fingerprint density at radius 2 is 1.84 bits per heavy atom. The van der Waals surface area contributed by atoms with Crippen LogP contribution in [0.15, 0.2) is 18.2 Å². The minimum Gasteiger partial charge on any atom is -0.370 e. The molecule has 1 aliphatic rings. The number of halogens is 2. The van der Waals surface area contributed by atoms with Crippen molar-refractivity contribution in [1.29, 1.82) is 0 Å². The lowest BCUT2D eigenvalue weighted by Crippen LogP contribution is -2.29. The van der Waals surface area contributed by atoms with Crippen LogP contribution in [0.5, 0.6) is 0 Å². The fourth-order valence-corrected chi connectivity index (χ4v) is 2.74. The van der Waals surface area contributed by atoms with Crippen LogP contribution in [0.4, 0.5) is 5.69 Å². The van der Waals surface area contributed by atoms with E-state index < -0.39 is 5.91 Å². The van der Waals surface area contributed by atoms with E-state index in [0.29, 0.717) is 15.6 Å². The molecule has 1 fully saturated rings. The van der Waals surface area contributed by atoms with Crippen molar-refractivity contribution < 1.29 is 4.79 Å². The number of carbonyl (C=O) groups is 1. The van der Waals surface area contributed by atoms with Gasteiger partial charge in [-0.2, -0.15) is 0 Å². The van der Waals surface area contributed by atoms with Gasteiger partial charge in [0.1, 0.15) is 0 Å². The average molecular weight is 299 g/mol. The summed E-state index contributed by atoms with van der Waals surface area (Å²) in [7, 11) is 0. The quantitative estimate of drug-likeness (QED) is 0.869. The van der Waals surface area contributed by atoms with Gasteiger partial charge in [-0.15, -0.1) is 0 Å². The van der Waals surface area contributed by atoms with Crippen molar-refractivity contribution in [2.75, 3.05) is 18.0 Å². The van der Waals surface area contributed by atoms with Gasteiger partial charge in [0.05, 0.1) is 10.7 Å². The number of hydrogen-bond acceptors (Lipinski definition) is 2. The van der Waals surface area contributed by atoms with E-state index in [1.54, 1.807) is 12.1 Å². The second-order valence-corrected chi connectivity index (χ2v) is 5.42. The lowest BCUT2D eigenvalue weighted by atomic mass is 10.1. The highest BCUT2D eigenvalue weighted by Gasteiger charge is 2.15. The Bertz CT molecular complexity index is 508. The summed E-state index contributed by atoms with van der Waals surface area (Å²) < 4.78 is 0. The monoisotopic (exact) mass is 298 g/mol. The standard InChI is InChI=1S/C14H16Cl2N2O/c15-11-9-13(18-6-2-1-3-7-18)12(16)8-10(11)4-5-14(17)19/h4-5,8-9H,1-3,6-7H2,(H2,17,19)/b5-4+. The second-order valence-electron chi connectivity index (χ2n) is 4.61. The molecule has 0 spiro atoms. The molecule has 1 amide bonds. The maximum atomic E-state index is 10.7. The van der Waals surface area contributed by atoms with E-state index in [4.69, 9.17) is 28.9 Å². The molecule has 0 radical (unpaired) electrons. The first-order valence-electron chi connectivity index (χ1n) is 6.29. The van der Waals surface area contributed by atoms with Gasteiger partial charge in [0, 0.05) is 24.2 Å². The van der Waals surface area contributed by atoms with E-state index in [1.807, 2.05) is 6.07 Å². The van der Waals surface area contributed by atoms with E-state index >= 15 is 0 Å². The Labute approximate surface area is 123 Å². The van der Waals surface area contributed by atoms with Gasteiger partial charge in [0.25, 0.3) is 0 Å². The van der Waals surface area contributed by atoms with Gasteiger partial charge in [-0.1, -0.05) is 23.2 Å². The number of hydrogen-bond donors (Lipinski definition) is 1. The fourth-order valence-electron chi connectivity index (χ4n) is 2.23. The Hall–Kier alpha value is -1.19. The summed E-state index contributed by atoms with van der Waals surface area (Å²) in [5.41, 5.74) is 6.73. The highest BCUT2D eigenvalue weighted by molar-refractivity contribution is 6.36. The van der Waals surface area contributed by atoms with Crippen LogP contribution in [-0.4, -0.2) is 19.0 Å². The van der Waals surface area contributed by atoms with Gasteiger partial charge in [-0.05, 0) is 43.0 Å². The van der Waals surface area contributed by atoms with E-state index in [1.165, 1.54) is 25.3 Å². The number of nitrogens with zero attached hydrogens (tertiary/aromatic N) is 1. The van der Waals surface area contributed by atoms with Gasteiger partial charge in [-0.25, -0.2) is 0 Å². The number of amides is 1. The van der Waals surface area contributed by atoms with Gasteiger partial charge in [0.15, 0.2) is 0 Å². The number of nitrogens with two attached hydrogens (primary N) is 1. The lowest BCUT2D eigenvalue weighted by molar-refractivity contribution is -0.113. The third-order valence-electron chi connectivity index (χ3n) is 3.19. The molecule has 3 nitrogen and oxygen atoms in total. The smallest absolute Gasteiger partial charge is 0.241 e. The summed E-state index contributed by atoms with van der Waals surface area (Å²) in [6.45, 7) is 2.01. The molecule has 0 atom stereocenters. The molecule has 1 saturated heterocycles. The Morgan fingerprint density at radius 1 is 1.16 bits per heavy atom. The molecule has 102 valence electrons. The molecule has 2 N–H and O–H groups in total. The zero-order valence-electron chi connectivity index (χ0n) is 10.5. The molecule has 1 aromatic carbocycles. The van der Waals surface area contributed by atoms with Gasteiger partial charge in [0.2, 0.25) is 5.91 Å². The van der Waals surface area contributed by atoms with E-state index in [9.17, 15) is 4.79 Å². The molecule has 0 bridgehead atoms. The van der Waals surface area contributed by atoms with Gasteiger partial charge >= 0.3 is 0 Å². The molecule has 0 unspecified atom stereocenters. The minimum atomic E-state index is -0.507. The predicted octanol–water partition coefficient (Wildman–Crippen LogP) is 3.48. The lowest BCUT2D eigenvalue weighted by Gasteiger charge is -2.29. The molecule has 1 aliphatic heterocycles. The third-order valence-corrected chi connectivity index (χ3v) is 3.82. The summed E-state index contributed by atoms with van der Waals surface area (Å²) in [5, 5.41) is 1.22. The van der Waals surface area contributed by atoms with Crippen LogP contribution >= 0.6 is 23.2 Å². The van der Waals surface area contributed by atoms with Crippen molar-refractivity contribution in [3.05, 3.63) is 33.8 Å². The number of benzene rings is 1. The summed E-state index contributed by atoms with van der Waals surface area (Å²) in [6, 6.07) is 3.63. The highest BCUT2D eigenvalue weighted by Crippen LogP contribution is 2.34. The SMILES string of the molecule is NC(=O)/C=C/c1cc(Cl)c(N2CCCCC2)cc1Cl. The Kier molecular flexibility index (Phi) is 4.72. The molecule has 0 saturated carbocycles. The highest BCUT2D eigenvalue weighted by atomic mass is 35.5. The molecule has 2 rings (SSSR count). The van der Waals surface area contributed by atoms with Crippen molar-refractivity contribution in [1.82, 2.24) is 0 Å². The number of rotatable bonds is 3. The third kappa shape index (κ3) is 3.64. The van der Waals surface area contributed by atoms with Crippen molar-refractivity contribution in [3.63, 3.8) is 0 Å². The van der Waals surface area contributed by atoms with Crippen LogP contribution in [0.25, 0.3) is 6.08 Å². The number of anilines is 1. The molecule has 1 aromatic rings. The summed E-state index contributed by atoms with van der Waals surface area (Å²) >= 11 is 12.5. The molecule has 0 aromatic heterocycles. The topological polar surface area (TPSA) is 46.3 Å². The predicted molar refractivity (Wildman–Crippen MR) is 80.8 cm³/mol. The molecule has 5 heteroatoms. The number of carbonyl (C=O) groups excluding carboxylic acids is 1. The Morgan fingerprint density at radius 3 is 2.47 bits per heavy atom. The number of piperidine rings is 1. The summed E-state index contributed by atoms with van der Waals surface area (Å²) in [5.74, 6) is -0.507. The van der Waals surface area contributed by atoms with Crippen LogP contribution in [-0.2, 0) is 4.79 Å². The van der Waals surface area contributed by atoms with Crippen LogP contribution in [0, 0.1) is 0 Å². The van der Waals surface area contributed by atoms with Crippen LogP contribution in [0.1, 0.15) is 24.8 Å². The van der Waals surface area contributed by atoms with Crippen molar-refractivity contribution >= 4 is 40.9 Å². The van der Waals surface area contributed by atoms with Crippen LogP contribution < -0.4 is 10.6 Å². The van der Waals surface area contributed by atoms with E-state index in [-0.39, 0.29) is 0 Å². The first kappa shape index (κ1) is 14.2. The zero-order valence-corrected chi connectivity index (χ0v) is 12.0.